The normalized spacial score (nSPS) is 33.8. The number of nitrogens with zero attached hydrogens (tertiary/aromatic N) is 1. The molecule has 0 aromatic heterocycles. The molecule has 0 radical (unpaired) electrons. The fourth-order valence-corrected chi connectivity index (χ4v) is 3.79. The average Bonchev–Trinajstić information content (AvgIpc) is 3.09. The third-order valence-corrected chi connectivity index (χ3v) is 4.96. The predicted molar refractivity (Wildman–Crippen MR) is 72.1 cm³/mol. The van der Waals surface area contributed by atoms with Crippen LogP contribution < -0.4 is 5.32 Å². The van der Waals surface area contributed by atoms with Gasteiger partial charge in [0.1, 0.15) is 0 Å². The highest BCUT2D eigenvalue weighted by molar-refractivity contribution is 5.05. The SMILES string of the molecule is C/C=C/CN1CC2(CCCC2)NCC1C1CC1. The molecule has 96 valence electrons. The first-order chi connectivity index (χ1) is 8.33. The molecule has 0 aromatic carbocycles. The molecule has 1 atom stereocenters. The van der Waals surface area contributed by atoms with Crippen LogP contribution in [-0.4, -0.2) is 36.1 Å². The van der Waals surface area contributed by atoms with Gasteiger partial charge in [-0.15, -0.1) is 0 Å². The zero-order chi connectivity index (χ0) is 11.7. The maximum atomic E-state index is 3.91. The van der Waals surface area contributed by atoms with Crippen molar-refractivity contribution in [2.45, 2.75) is 57.0 Å². The Kier molecular flexibility index (Phi) is 3.27. The molecule has 3 rings (SSSR count). The van der Waals surface area contributed by atoms with Crippen molar-refractivity contribution < 1.29 is 0 Å². The summed E-state index contributed by atoms with van der Waals surface area (Å²) >= 11 is 0. The van der Waals surface area contributed by atoms with E-state index in [1.54, 1.807) is 0 Å². The van der Waals surface area contributed by atoms with Crippen LogP contribution >= 0.6 is 0 Å². The first-order valence-electron chi connectivity index (χ1n) is 7.43. The lowest BCUT2D eigenvalue weighted by Gasteiger charge is -2.46. The first-order valence-corrected chi connectivity index (χ1v) is 7.43. The largest absolute Gasteiger partial charge is 0.308 e. The molecule has 3 fully saturated rings. The van der Waals surface area contributed by atoms with Gasteiger partial charge in [0.05, 0.1) is 0 Å². The fourth-order valence-electron chi connectivity index (χ4n) is 3.79. The maximum Gasteiger partial charge on any atom is 0.0309 e. The minimum Gasteiger partial charge on any atom is -0.308 e. The molecular weight excluding hydrogens is 208 g/mol. The molecule has 3 aliphatic rings. The molecule has 1 aliphatic heterocycles. The highest BCUT2D eigenvalue weighted by Crippen LogP contribution is 2.40. The van der Waals surface area contributed by atoms with E-state index in [9.17, 15) is 0 Å². The molecule has 1 N–H and O–H groups in total. The van der Waals surface area contributed by atoms with Gasteiger partial charge in [-0.25, -0.2) is 0 Å². The molecule has 0 bridgehead atoms. The van der Waals surface area contributed by atoms with Gasteiger partial charge in [0.15, 0.2) is 0 Å². The van der Waals surface area contributed by atoms with E-state index in [0.717, 1.165) is 12.0 Å². The third kappa shape index (κ3) is 2.43. The second-order valence-corrected chi connectivity index (χ2v) is 6.27. The van der Waals surface area contributed by atoms with Crippen LogP contribution in [0.1, 0.15) is 45.4 Å². The van der Waals surface area contributed by atoms with Crippen molar-refractivity contribution in [3.63, 3.8) is 0 Å². The summed E-state index contributed by atoms with van der Waals surface area (Å²) in [5.74, 6) is 0.992. The number of nitrogens with one attached hydrogen (secondary N) is 1. The van der Waals surface area contributed by atoms with Gasteiger partial charge in [-0.05, 0) is 38.5 Å². The standard InChI is InChI=1S/C15H26N2/c1-2-3-10-17-12-15(8-4-5-9-15)16-11-14(17)13-6-7-13/h2-3,13-14,16H,4-12H2,1H3/b3-2+. The number of rotatable bonds is 3. The summed E-state index contributed by atoms with van der Waals surface area (Å²) in [6.07, 6.45) is 13.1. The second kappa shape index (κ2) is 4.74. The lowest BCUT2D eigenvalue weighted by molar-refractivity contribution is 0.0799. The summed E-state index contributed by atoms with van der Waals surface area (Å²) in [6.45, 7) is 5.83. The molecule has 2 aliphatic carbocycles. The Balaban J connectivity index is 1.68. The number of allylic oxidation sites excluding steroid dienone is 1. The Labute approximate surface area is 105 Å². The topological polar surface area (TPSA) is 15.3 Å². The highest BCUT2D eigenvalue weighted by Gasteiger charge is 2.44. The summed E-state index contributed by atoms with van der Waals surface area (Å²) in [4.78, 5) is 2.76. The minimum atomic E-state index is 0.479. The quantitative estimate of drug-likeness (QED) is 0.755. The van der Waals surface area contributed by atoms with E-state index < -0.39 is 0 Å². The number of piperazine rings is 1. The highest BCUT2D eigenvalue weighted by atomic mass is 15.3. The summed E-state index contributed by atoms with van der Waals surface area (Å²) < 4.78 is 0. The van der Waals surface area contributed by atoms with Crippen molar-refractivity contribution in [3.8, 4) is 0 Å². The summed E-state index contributed by atoms with van der Waals surface area (Å²) in [7, 11) is 0. The van der Waals surface area contributed by atoms with E-state index in [1.165, 1.54) is 58.2 Å². The van der Waals surface area contributed by atoms with Crippen molar-refractivity contribution in [1.82, 2.24) is 10.2 Å². The van der Waals surface area contributed by atoms with Gasteiger partial charge in [0, 0.05) is 31.2 Å². The Bertz CT molecular complexity index is 287. The zero-order valence-corrected chi connectivity index (χ0v) is 11.1. The Hall–Kier alpha value is -0.340. The maximum absolute atomic E-state index is 3.91. The Morgan fingerprint density at radius 2 is 2.06 bits per heavy atom. The van der Waals surface area contributed by atoms with Crippen molar-refractivity contribution in [1.29, 1.82) is 0 Å². The molecule has 0 amide bonds. The summed E-state index contributed by atoms with van der Waals surface area (Å²) in [5, 5.41) is 3.91. The van der Waals surface area contributed by atoms with Gasteiger partial charge >= 0.3 is 0 Å². The molecule has 17 heavy (non-hydrogen) atoms. The van der Waals surface area contributed by atoms with Gasteiger partial charge in [-0.3, -0.25) is 4.90 Å². The Morgan fingerprint density at radius 1 is 1.29 bits per heavy atom. The van der Waals surface area contributed by atoms with Crippen LogP contribution in [0.3, 0.4) is 0 Å². The van der Waals surface area contributed by atoms with E-state index in [0.29, 0.717) is 5.54 Å². The zero-order valence-electron chi connectivity index (χ0n) is 11.1. The monoisotopic (exact) mass is 234 g/mol. The molecule has 0 aromatic rings. The van der Waals surface area contributed by atoms with Crippen LogP contribution in [0.25, 0.3) is 0 Å². The average molecular weight is 234 g/mol. The number of hydrogen-bond donors (Lipinski definition) is 1. The van der Waals surface area contributed by atoms with Crippen LogP contribution in [0.15, 0.2) is 12.2 Å². The third-order valence-electron chi connectivity index (χ3n) is 4.96. The molecule has 1 heterocycles. The predicted octanol–water partition coefficient (Wildman–Crippen LogP) is 2.56. The molecule has 1 spiro atoms. The van der Waals surface area contributed by atoms with Crippen LogP contribution in [0.2, 0.25) is 0 Å². The summed E-state index contributed by atoms with van der Waals surface area (Å²) in [5.41, 5.74) is 0.479. The van der Waals surface area contributed by atoms with E-state index in [-0.39, 0.29) is 0 Å². The van der Waals surface area contributed by atoms with E-state index in [4.69, 9.17) is 0 Å². The van der Waals surface area contributed by atoms with Gasteiger partial charge in [-0.2, -0.15) is 0 Å². The van der Waals surface area contributed by atoms with Crippen molar-refractivity contribution in [3.05, 3.63) is 12.2 Å². The van der Waals surface area contributed by atoms with Crippen LogP contribution in [0.5, 0.6) is 0 Å². The van der Waals surface area contributed by atoms with Gasteiger partial charge in [0.25, 0.3) is 0 Å². The van der Waals surface area contributed by atoms with Crippen molar-refractivity contribution in [2.24, 2.45) is 5.92 Å². The second-order valence-electron chi connectivity index (χ2n) is 6.27. The van der Waals surface area contributed by atoms with Crippen LogP contribution in [-0.2, 0) is 0 Å². The van der Waals surface area contributed by atoms with E-state index in [1.807, 2.05) is 0 Å². The first kappa shape index (κ1) is 11.7. The molecule has 1 saturated heterocycles. The van der Waals surface area contributed by atoms with Gasteiger partial charge in [-0.1, -0.05) is 25.0 Å². The van der Waals surface area contributed by atoms with Crippen molar-refractivity contribution >= 4 is 0 Å². The lowest BCUT2D eigenvalue weighted by Crippen LogP contribution is -2.63. The molecular formula is C15H26N2. The number of hydrogen-bond acceptors (Lipinski definition) is 2. The van der Waals surface area contributed by atoms with Gasteiger partial charge in [0.2, 0.25) is 0 Å². The molecule has 2 nitrogen and oxygen atoms in total. The van der Waals surface area contributed by atoms with Crippen LogP contribution in [0, 0.1) is 5.92 Å². The lowest BCUT2D eigenvalue weighted by atomic mass is 9.91. The fraction of sp³-hybridized carbons (Fsp3) is 0.867. The molecule has 2 heteroatoms. The minimum absolute atomic E-state index is 0.479. The molecule has 1 unspecified atom stereocenters. The molecule has 2 saturated carbocycles. The van der Waals surface area contributed by atoms with E-state index >= 15 is 0 Å². The van der Waals surface area contributed by atoms with E-state index in [2.05, 4.69) is 29.3 Å². The van der Waals surface area contributed by atoms with Crippen LogP contribution in [0.4, 0.5) is 0 Å². The Morgan fingerprint density at radius 3 is 2.71 bits per heavy atom. The smallest absolute Gasteiger partial charge is 0.0309 e. The summed E-state index contributed by atoms with van der Waals surface area (Å²) in [6, 6.07) is 0.817. The van der Waals surface area contributed by atoms with Gasteiger partial charge < -0.3 is 5.32 Å². The van der Waals surface area contributed by atoms with Crippen molar-refractivity contribution in [2.75, 3.05) is 19.6 Å².